The first-order valence-electron chi connectivity index (χ1n) is 7.75. The van der Waals surface area contributed by atoms with Gasteiger partial charge in [0.25, 0.3) is 5.91 Å². The van der Waals surface area contributed by atoms with Crippen LogP contribution >= 0.6 is 22.9 Å². The Labute approximate surface area is 155 Å². The Morgan fingerprint density at radius 1 is 1.20 bits per heavy atom. The number of anilines is 1. The Morgan fingerprint density at radius 3 is 2.60 bits per heavy atom. The van der Waals surface area contributed by atoms with Gasteiger partial charge in [0.2, 0.25) is 0 Å². The molecule has 0 aliphatic carbocycles. The smallest absolute Gasteiger partial charge is 0.283 e. The second-order valence-electron chi connectivity index (χ2n) is 5.93. The van der Waals surface area contributed by atoms with Crippen molar-refractivity contribution in [3.05, 3.63) is 63.5 Å². The third kappa shape index (κ3) is 3.83. The van der Waals surface area contributed by atoms with Gasteiger partial charge in [-0.25, -0.2) is 5.43 Å². The van der Waals surface area contributed by atoms with Gasteiger partial charge in [-0.3, -0.25) is 4.79 Å². The fraction of sp³-hybridized carbons (Fsp3) is 0.158. The lowest BCUT2D eigenvalue weighted by Gasteiger charge is -2.11. The summed E-state index contributed by atoms with van der Waals surface area (Å²) in [6.45, 7) is 2.01. The van der Waals surface area contributed by atoms with Crippen LogP contribution < -0.4 is 10.3 Å². The maximum atomic E-state index is 12.3. The van der Waals surface area contributed by atoms with Crippen LogP contribution in [0, 0.1) is 6.92 Å². The van der Waals surface area contributed by atoms with Crippen molar-refractivity contribution in [2.75, 3.05) is 19.0 Å². The average Bonchev–Trinajstić information content (AvgIpc) is 2.91. The van der Waals surface area contributed by atoms with E-state index in [4.69, 9.17) is 11.6 Å². The largest absolute Gasteiger partial charge is 0.378 e. The van der Waals surface area contributed by atoms with E-state index < -0.39 is 0 Å². The van der Waals surface area contributed by atoms with Gasteiger partial charge in [0, 0.05) is 29.9 Å². The first-order valence-corrected chi connectivity index (χ1v) is 8.94. The van der Waals surface area contributed by atoms with Crippen molar-refractivity contribution in [3.63, 3.8) is 0 Å². The van der Waals surface area contributed by atoms with Gasteiger partial charge >= 0.3 is 0 Å². The fourth-order valence-corrected chi connectivity index (χ4v) is 3.90. The summed E-state index contributed by atoms with van der Waals surface area (Å²) in [6.07, 6.45) is 1.61. The Hall–Kier alpha value is -2.37. The summed E-state index contributed by atoms with van der Waals surface area (Å²) < 4.78 is 0.999. The van der Waals surface area contributed by atoms with Crippen LogP contribution in [0.2, 0.25) is 5.02 Å². The molecule has 0 aliphatic heterocycles. The zero-order valence-corrected chi connectivity index (χ0v) is 15.8. The van der Waals surface area contributed by atoms with Crippen molar-refractivity contribution in [3.8, 4) is 0 Å². The van der Waals surface area contributed by atoms with Crippen LogP contribution in [0.4, 0.5) is 5.69 Å². The molecular weight excluding hydrogens is 354 g/mol. The van der Waals surface area contributed by atoms with E-state index in [0.717, 1.165) is 26.9 Å². The van der Waals surface area contributed by atoms with Gasteiger partial charge in [0.15, 0.2) is 0 Å². The predicted molar refractivity (Wildman–Crippen MR) is 107 cm³/mol. The molecule has 0 saturated heterocycles. The standard InChI is InChI=1S/C19H18ClN3OS/c1-12-4-9-15-16(10-12)25-18(17(15)20)19(24)22-21-11-13-5-7-14(8-6-13)23(2)3/h4-11H,1-3H3,(H,22,24)/b21-11+. The highest BCUT2D eigenvalue weighted by atomic mass is 35.5. The summed E-state index contributed by atoms with van der Waals surface area (Å²) in [5.74, 6) is -0.301. The van der Waals surface area contributed by atoms with Gasteiger partial charge < -0.3 is 4.90 Å². The fourth-order valence-electron chi connectivity index (χ4n) is 2.39. The molecule has 1 amide bonds. The number of fused-ring (bicyclic) bond motifs is 1. The molecule has 0 saturated carbocycles. The number of carbonyl (C=O) groups is 1. The lowest BCUT2D eigenvalue weighted by molar-refractivity contribution is 0.0959. The number of nitrogens with one attached hydrogen (secondary N) is 1. The molecule has 1 N–H and O–H groups in total. The molecule has 4 nitrogen and oxygen atoms in total. The molecule has 128 valence electrons. The molecule has 2 aromatic carbocycles. The van der Waals surface area contributed by atoms with E-state index in [0.29, 0.717) is 9.90 Å². The van der Waals surface area contributed by atoms with E-state index in [1.165, 1.54) is 11.3 Å². The number of nitrogens with zero attached hydrogens (tertiary/aromatic N) is 2. The maximum absolute atomic E-state index is 12.3. The van der Waals surface area contributed by atoms with Gasteiger partial charge in [-0.1, -0.05) is 35.9 Å². The number of aryl methyl sites for hydroxylation is 1. The van der Waals surface area contributed by atoms with E-state index in [2.05, 4.69) is 10.5 Å². The van der Waals surface area contributed by atoms with Crippen molar-refractivity contribution in [1.82, 2.24) is 5.43 Å². The van der Waals surface area contributed by atoms with Gasteiger partial charge in [0.1, 0.15) is 4.88 Å². The van der Waals surface area contributed by atoms with Crippen LogP contribution in [-0.4, -0.2) is 26.2 Å². The summed E-state index contributed by atoms with van der Waals surface area (Å²) in [5.41, 5.74) is 5.69. The maximum Gasteiger partial charge on any atom is 0.283 e. The summed E-state index contributed by atoms with van der Waals surface area (Å²) in [4.78, 5) is 14.8. The average molecular weight is 372 g/mol. The van der Waals surface area contributed by atoms with E-state index in [-0.39, 0.29) is 5.91 Å². The number of thiophene rings is 1. The minimum absolute atomic E-state index is 0.301. The summed E-state index contributed by atoms with van der Waals surface area (Å²) in [7, 11) is 3.97. The van der Waals surface area contributed by atoms with Crippen molar-refractivity contribution in [2.24, 2.45) is 5.10 Å². The van der Waals surface area contributed by atoms with E-state index in [1.54, 1.807) is 6.21 Å². The number of rotatable bonds is 4. The zero-order valence-electron chi connectivity index (χ0n) is 14.2. The van der Waals surface area contributed by atoms with Gasteiger partial charge in [0.05, 0.1) is 11.2 Å². The lowest BCUT2D eigenvalue weighted by Crippen LogP contribution is -2.16. The Morgan fingerprint density at radius 2 is 1.92 bits per heavy atom. The second-order valence-corrected chi connectivity index (χ2v) is 7.36. The molecular formula is C19H18ClN3OS. The number of benzene rings is 2. The SMILES string of the molecule is Cc1ccc2c(Cl)c(C(=O)N/N=C/c3ccc(N(C)C)cc3)sc2c1. The Kier molecular flexibility index (Phi) is 5.06. The topological polar surface area (TPSA) is 44.7 Å². The van der Waals surface area contributed by atoms with Crippen LogP contribution in [0.15, 0.2) is 47.6 Å². The van der Waals surface area contributed by atoms with Gasteiger partial charge in [-0.05, 0) is 36.2 Å². The number of hydrogen-bond acceptors (Lipinski definition) is 4. The minimum atomic E-state index is -0.301. The quantitative estimate of drug-likeness (QED) is 0.534. The van der Waals surface area contributed by atoms with Gasteiger partial charge in [-0.2, -0.15) is 5.10 Å². The van der Waals surface area contributed by atoms with Gasteiger partial charge in [-0.15, -0.1) is 11.3 Å². The predicted octanol–water partition coefficient (Wildman–Crippen LogP) is 4.69. The lowest BCUT2D eigenvalue weighted by atomic mass is 10.2. The number of amides is 1. The van der Waals surface area contributed by atoms with Crippen LogP contribution in [-0.2, 0) is 0 Å². The molecule has 0 radical (unpaired) electrons. The van der Waals surface area contributed by atoms with E-state index >= 15 is 0 Å². The van der Waals surface area contributed by atoms with Crippen molar-refractivity contribution in [1.29, 1.82) is 0 Å². The Bertz CT molecular complexity index is 945. The molecule has 0 fully saturated rings. The molecule has 3 rings (SSSR count). The highest BCUT2D eigenvalue weighted by Crippen LogP contribution is 2.35. The number of carbonyl (C=O) groups excluding carboxylic acids is 1. The van der Waals surface area contributed by atoms with E-state index in [1.807, 2.05) is 68.4 Å². The molecule has 25 heavy (non-hydrogen) atoms. The summed E-state index contributed by atoms with van der Waals surface area (Å²) in [5, 5.41) is 5.40. The zero-order chi connectivity index (χ0) is 18.0. The second kappa shape index (κ2) is 7.25. The van der Waals surface area contributed by atoms with Crippen LogP contribution in [0.1, 0.15) is 20.8 Å². The summed E-state index contributed by atoms with van der Waals surface area (Å²) in [6, 6.07) is 13.8. The highest BCUT2D eigenvalue weighted by Gasteiger charge is 2.16. The first kappa shape index (κ1) is 17.5. The normalized spacial score (nSPS) is 11.2. The number of hydrazone groups is 1. The third-order valence-electron chi connectivity index (χ3n) is 3.78. The summed E-state index contributed by atoms with van der Waals surface area (Å²) >= 11 is 7.71. The highest BCUT2D eigenvalue weighted by molar-refractivity contribution is 7.21. The molecule has 6 heteroatoms. The van der Waals surface area contributed by atoms with Crippen molar-refractivity contribution >= 4 is 50.8 Å². The molecule has 0 atom stereocenters. The molecule has 3 aromatic rings. The monoisotopic (exact) mass is 371 g/mol. The minimum Gasteiger partial charge on any atom is -0.378 e. The van der Waals surface area contributed by atoms with Crippen LogP contribution in [0.25, 0.3) is 10.1 Å². The molecule has 1 aromatic heterocycles. The van der Waals surface area contributed by atoms with Crippen LogP contribution in [0.3, 0.4) is 0 Å². The molecule has 0 spiro atoms. The molecule has 0 aliphatic rings. The Balaban J connectivity index is 1.73. The third-order valence-corrected chi connectivity index (χ3v) is 5.44. The van der Waals surface area contributed by atoms with Crippen LogP contribution in [0.5, 0.6) is 0 Å². The first-order chi connectivity index (χ1) is 12.0. The molecule has 1 heterocycles. The molecule has 0 unspecified atom stereocenters. The van der Waals surface area contributed by atoms with Crippen molar-refractivity contribution in [2.45, 2.75) is 6.92 Å². The number of hydrogen-bond donors (Lipinski definition) is 1. The molecule has 0 bridgehead atoms. The number of halogens is 1. The van der Waals surface area contributed by atoms with E-state index in [9.17, 15) is 4.79 Å². The van der Waals surface area contributed by atoms with Crippen molar-refractivity contribution < 1.29 is 4.79 Å².